The first-order valence-corrected chi connectivity index (χ1v) is 3.81. The zero-order valence-corrected chi connectivity index (χ0v) is 8.71. The van der Waals surface area contributed by atoms with Crippen LogP contribution in [0, 0.1) is 0 Å². The Morgan fingerprint density at radius 2 is 1.78 bits per heavy atom. The van der Waals surface area contributed by atoms with Gasteiger partial charge in [-0.25, -0.2) is 8.42 Å². The van der Waals surface area contributed by atoms with E-state index in [9.17, 15) is 13.0 Å². The second-order valence-corrected chi connectivity index (χ2v) is 2.96. The first-order valence-electron chi connectivity index (χ1n) is 1.60. The molecular weight excluding hydrogens is 175 g/mol. The Kier molecular flexibility index (Phi) is 13.6. The average molecular weight is 182 g/mol. The fourth-order valence-corrected chi connectivity index (χ4v) is 1.01. The van der Waals surface area contributed by atoms with Crippen LogP contribution in [0.25, 0.3) is 0 Å². The average Bonchev–Trinajstić information content (AvgIpc) is 1.30. The van der Waals surface area contributed by atoms with Gasteiger partial charge in [0.15, 0.2) is 0 Å². The van der Waals surface area contributed by atoms with Gasteiger partial charge < -0.3 is 10.0 Å². The Morgan fingerprint density at radius 3 is 1.78 bits per heavy atom. The molecule has 0 fully saturated rings. The Balaban J connectivity index is -0.000000180. The van der Waals surface area contributed by atoms with Crippen LogP contribution < -0.4 is 29.6 Å². The molecule has 0 heterocycles. The van der Waals surface area contributed by atoms with E-state index in [2.05, 4.69) is 12.6 Å². The summed E-state index contributed by atoms with van der Waals surface area (Å²) in [5.74, 6) is -0.276. The molecule has 0 atom stereocenters. The van der Waals surface area contributed by atoms with E-state index in [-0.39, 0.29) is 46.5 Å². The van der Waals surface area contributed by atoms with Crippen LogP contribution >= 0.6 is 12.6 Å². The molecule has 0 aromatic heterocycles. The number of hydrogen-bond acceptors (Lipinski definition) is 4. The van der Waals surface area contributed by atoms with Crippen LogP contribution in [0.5, 0.6) is 0 Å². The molecule has 0 aromatic carbocycles. The van der Waals surface area contributed by atoms with Gasteiger partial charge in [-0.3, -0.25) is 0 Å². The van der Waals surface area contributed by atoms with Gasteiger partial charge >= 0.3 is 29.6 Å². The molecule has 0 rings (SSSR count). The Bertz CT molecular complexity index is 130. The molecule has 0 unspecified atom stereocenters. The Hall–Kier alpha value is 1.22. The van der Waals surface area contributed by atoms with E-state index in [4.69, 9.17) is 0 Å². The van der Waals surface area contributed by atoms with Gasteiger partial charge in [-0.15, -0.1) is 0 Å². The van der Waals surface area contributed by atoms with Gasteiger partial charge in [0, 0.05) is 11.5 Å². The fraction of sp³-hybridized carbons (Fsp3) is 1.00. The molecule has 2 N–H and O–H groups in total. The summed E-state index contributed by atoms with van der Waals surface area (Å²) in [6, 6.07) is 0. The Labute approximate surface area is 81.8 Å². The molecular formula is C2H7NaO4S2. The first kappa shape index (κ1) is 16.7. The number of thiol groups is 1. The van der Waals surface area contributed by atoms with E-state index in [1.54, 1.807) is 0 Å². The molecule has 0 radical (unpaired) electrons. The summed E-state index contributed by atoms with van der Waals surface area (Å²) in [4.78, 5) is 0. The van der Waals surface area contributed by atoms with E-state index < -0.39 is 10.1 Å². The topological polar surface area (TPSA) is 88.7 Å². The molecule has 4 nitrogen and oxygen atoms in total. The zero-order valence-electron chi connectivity index (χ0n) is 4.99. The van der Waals surface area contributed by atoms with Crippen LogP contribution in [-0.2, 0) is 10.1 Å². The SMILES string of the molecule is O.O=S(=O)([O-])CCS.[Na+]. The fourth-order valence-electron chi connectivity index (χ4n) is 0.112. The van der Waals surface area contributed by atoms with Gasteiger partial charge in [0.1, 0.15) is 0 Å². The van der Waals surface area contributed by atoms with E-state index in [1.165, 1.54) is 0 Å². The van der Waals surface area contributed by atoms with Gasteiger partial charge in [-0.05, 0) is 0 Å². The maximum Gasteiger partial charge on any atom is 1.00 e. The van der Waals surface area contributed by atoms with Gasteiger partial charge in [-0.2, -0.15) is 12.6 Å². The quantitative estimate of drug-likeness (QED) is 0.266. The molecule has 0 spiro atoms. The summed E-state index contributed by atoms with van der Waals surface area (Å²) in [7, 11) is -4.00. The zero-order chi connectivity index (χ0) is 5.91. The maximum atomic E-state index is 9.63. The van der Waals surface area contributed by atoms with Crippen molar-refractivity contribution in [3.63, 3.8) is 0 Å². The van der Waals surface area contributed by atoms with E-state index >= 15 is 0 Å². The first-order chi connectivity index (χ1) is 3.06. The third kappa shape index (κ3) is 17.6. The van der Waals surface area contributed by atoms with Crippen molar-refractivity contribution in [1.82, 2.24) is 0 Å². The van der Waals surface area contributed by atoms with Crippen molar-refractivity contribution < 1.29 is 48.0 Å². The van der Waals surface area contributed by atoms with E-state index in [0.717, 1.165) is 0 Å². The van der Waals surface area contributed by atoms with Crippen molar-refractivity contribution in [3.8, 4) is 0 Å². The third-order valence-electron chi connectivity index (χ3n) is 0.341. The minimum Gasteiger partial charge on any atom is -0.748 e. The van der Waals surface area contributed by atoms with Gasteiger partial charge in [0.25, 0.3) is 0 Å². The van der Waals surface area contributed by atoms with Gasteiger partial charge in [0.05, 0.1) is 10.1 Å². The van der Waals surface area contributed by atoms with Crippen molar-refractivity contribution in [2.24, 2.45) is 0 Å². The molecule has 0 amide bonds. The normalized spacial score (nSPS) is 9.11. The molecule has 0 aliphatic rings. The minimum absolute atomic E-state index is 0. The Morgan fingerprint density at radius 1 is 1.44 bits per heavy atom. The van der Waals surface area contributed by atoms with Gasteiger partial charge in [-0.1, -0.05) is 0 Å². The predicted molar refractivity (Wildman–Crippen MR) is 32.0 cm³/mol. The molecule has 0 aromatic rings. The van der Waals surface area contributed by atoms with Crippen LogP contribution in [0.3, 0.4) is 0 Å². The standard InChI is InChI=1S/C2H6O3S2.Na.H2O/c3-7(4,5)2-1-6;;/h6H,1-2H2,(H,3,4,5);;1H2/q;+1;/p-1. The number of rotatable bonds is 2. The molecule has 0 saturated heterocycles. The summed E-state index contributed by atoms with van der Waals surface area (Å²) < 4.78 is 28.9. The van der Waals surface area contributed by atoms with Crippen molar-refractivity contribution in [2.45, 2.75) is 0 Å². The summed E-state index contributed by atoms with van der Waals surface area (Å²) in [5.41, 5.74) is 0. The van der Waals surface area contributed by atoms with E-state index in [1.807, 2.05) is 0 Å². The third-order valence-corrected chi connectivity index (χ3v) is 1.57. The van der Waals surface area contributed by atoms with Crippen LogP contribution in [0.4, 0.5) is 0 Å². The molecule has 0 bridgehead atoms. The van der Waals surface area contributed by atoms with Gasteiger partial charge in [0.2, 0.25) is 0 Å². The van der Waals surface area contributed by atoms with Crippen LogP contribution in [-0.4, -0.2) is 30.0 Å². The van der Waals surface area contributed by atoms with Crippen LogP contribution in [0.1, 0.15) is 0 Å². The minimum atomic E-state index is -4.00. The second-order valence-electron chi connectivity index (χ2n) is 0.985. The summed E-state index contributed by atoms with van der Waals surface area (Å²) in [6.07, 6.45) is 0. The second kappa shape index (κ2) is 7.33. The van der Waals surface area contributed by atoms with Crippen molar-refractivity contribution in [1.29, 1.82) is 0 Å². The van der Waals surface area contributed by atoms with Crippen molar-refractivity contribution >= 4 is 22.7 Å². The summed E-state index contributed by atoms with van der Waals surface area (Å²) in [6.45, 7) is 0. The molecule has 52 valence electrons. The molecule has 0 aliphatic carbocycles. The predicted octanol–water partition coefficient (Wildman–Crippen LogP) is -4.36. The monoisotopic (exact) mass is 182 g/mol. The van der Waals surface area contributed by atoms with Crippen LogP contribution in [0.2, 0.25) is 0 Å². The molecule has 0 saturated carbocycles. The number of hydrogen-bond donors (Lipinski definition) is 1. The van der Waals surface area contributed by atoms with Crippen molar-refractivity contribution in [3.05, 3.63) is 0 Å². The smallest absolute Gasteiger partial charge is 0.748 e. The van der Waals surface area contributed by atoms with E-state index in [0.29, 0.717) is 0 Å². The summed E-state index contributed by atoms with van der Waals surface area (Å²) in [5, 5.41) is 0. The molecule has 9 heavy (non-hydrogen) atoms. The van der Waals surface area contributed by atoms with Crippen molar-refractivity contribution in [2.75, 3.05) is 11.5 Å². The largest absolute Gasteiger partial charge is 1.00 e. The molecule has 7 heteroatoms. The van der Waals surface area contributed by atoms with Crippen LogP contribution in [0.15, 0.2) is 0 Å². The summed E-state index contributed by atoms with van der Waals surface area (Å²) >= 11 is 3.53. The maximum absolute atomic E-state index is 9.63. The molecule has 0 aliphatic heterocycles.